The smallest absolute Gasteiger partial charge is 0.337 e. The topological polar surface area (TPSA) is 92.3 Å². The Kier molecular flexibility index (Phi) is 8.53. The first-order valence-electron chi connectivity index (χ1n) is 13.1. The van der Waals surface area contributed by atoms with E-state index in [9.17, 15) is 9.59 Å². The third-order valence-corrected chi connectivity index (χ3v) is 7.56. The summed E-state index contributed by atoms with van der Waals surface area (Å²) in [5.41, 5.74) is 4.13. The van der Waals surface area contributed by atoms with E-state index >= 15 is 0 Å². The number of ketones is 1. The molecule has 2 aromatic carbocycles. The van der Waals surface area contributed by atoms with Crippen molar-refractivity contribution >= 4 is 11.8 Å². The molecule has 2 aromatic rings. The summed E-state index contributed by atoms with van der Waals surface area (Å²) in [5, 5.41) is 3.40. The molecule has 1 aliphatic heterocycles. The number of carbonyl (C=O) groups is 2. The summed E-state index contributed by atoms with van der Waals surface area (Å²) in [4.78, 5) is 27.5. The van der Waals surface area contributed by atoms with Gasteiger partial charge in [0.1, 0.15) is 11.5 Å². The molecule has 4 rings (SSSR count). The molecule has 0 spiro atoms. The van der Waals surface area contributed by atoms with E-state index in [-0.39, 0.29) is 24.2 Å². The van der Waals surface area contributed by atoms with Gasteiger partial charge in [-0.05, 0) is 56.4 Å². The molecular formula is C31H37NO7. The third-order valence-electron chi connectivity index (χ3n) is 7.56. The summed E-state index contributed by atoms with van der Waals surface area (Å²) in [7, 11) is 6.34. The van der Waals surface area contributed by atoms with Crippen LogP contribution in [-0.2, 0) is 14.3 Å². The zero-order chi connectivity index (χ0) is 28.3. The molecule has 0 bridgehead atoms. The molecular weight excluding hydrogens is 498 g/mol. The fraction of sp³-hybridized carbons (Fsp3) is 0.419. The van der Waals surface area contributed by atoms with Crippen molar-refractivity contribution in [1.82, 2.24) is 5.32 Å². The highest BCUT2D eigenvalue weighted by Crippen LogP contribution is 2.48. The first-order chi connectivity index (χ1) is 18.8. The number of esters is 1. The van der Waals surface area contributed by atoms with Crippen LogP contribution in [0.25, 0.3) is 0 Å². The molecule has 1 aliphatic carbocycles. The van der Waals surface area contributed by atoms with Crippen LogP contribution in [0.3, 0.4) is 0 Å². The van der Waals surface area contributed by atoms with Crippen molar-refractivity contribution in [1.29, 1.82) is 0 Å². The normalized spacial score (nSPS) is 19.6. The van der Waals surface area contributed by atoms with E-state index in [0.717, 1.165) is 11.3 Å². The molecule has 1 N–H and O–H groups in total. The van der Waals surface area contributed by atoms with Crippen LogP contribution in [0.1, 0.15) is 63.0 Å². The lowest BCUT2D eigenvalue weighted by atomic mass is 9.71. The van der Waals surface area contributed by atoms with Gasteiger partial charge in [-0.25, -0.2) is 4.79 Å². The minimum absolute atomic E-state index is 0.0345. The van der Waals surface area contributed by atoms with Crippen LogP contribution < -0.4 is 24.3 Å². The number of rotatable bonds is 9. The van der Waals surface area contributed by atoms with Gasteiger partial charge >= 0.3 is 5.97 Å². The van der Waals surface area contributed by atoms with Crippen LogP contribution in [0.15, 0.2) is 58.9 Å². The standard InChI is InChI=1S/C31H37NO7/c1-8-17(2)39-31(34)28-18(3)32-23-13-20(19-9-12-25(36-5)27(15-19)38-7)14-24(33)30(23)29(28)22-11-10-21(35-4)16-26(22)37-6/h9-12,15-17,20,29,32H,8,13-14H2,1-7H3/t17-,20+,29-/m0/s1. The summed E-state index contributed by atoms with van der Waals surface area (Å²) < 4.78 is 27.8. The largest absolute Gasteiger partial charge is 0.497 e. The van der Waals surface area contributed by atoms with Crippen LogP contribution >= 0.6 is 0 Å². The average Bonchev–Trinajstić information content (AvgIpc) is 2.95. The lowest BCUT2D eigenvalue weighted by Gasteiger charge is -2.37. The molecule has 3 atom stereocenters. The maximum absolute atomic E-state index is 14.0. The Bertz CT molecular complexity index is 1330. The first-order valence-corrected chi connectivity index (χ1v) is 13.1. The minimum atomic E-state index is -0.641. The molecule has 8 heteroatoms. The van der Waals surface area contributed by atoms with E-state index < -0.39 is 11.9 Å². The molecule has 0 aromatic heterocycles. The number of methoxy groups -OCH3 is 4. The molecule has 1 heterocycles. The predicted molar refractivity (Wildman–Crippen MR) is 148 cm³/mol. The van der Waals surface area contributed by atoms with Crippen LogP contribution in [0.5, 0.6) is 23.0 Å². The van der Waals surface area contributed by atoms with Gasteiger partial charge in [-0.2, -0.15) is 0 Å². The fourth-order valence-electron chi connectivity index (χ4n) is 5.35. The van der Waals surface area contributed by atoms with Crippen molar-refractivity contribution in [3.8, 4) is 23.0 Å². The van der Waals surface area contributed by atoms with Crippen molar-refractivity contribution in [2.24, 2.45) is 0 Å². The van der Waals surface area contributed by atoms with Gasteiger partial charge in [-0.1, -0.05) is 19.1 Å². The van der Waals surface area contributed by atoms with E-state index in [1.165, 1.54) is 0 Å². The van der Waals surface area contributed by atoms with Gasteiger partial charge in [0.25, 0.3) is 0 Å². The van der Waals surface area contributed by atoms with E-state index in [4.69, 9.17) is 23.7 Å². The Balaban J connectivity index is 1.82. The summed E-state index contributed by atoms with van der Waals surface area (Å²) in [5.74, 6) is 1.21. The number of allylic oxidation sites excluding steroid dienone is 3. The number of ether oxygens (including phenoxy) is 5. The quantitative estimate of drug-likeness (QED) is 0.426. The highest BCUT2D eigenvalue weighted by molar-refractivity contribution is 6.04. The highest BCUT2D eigenvalue weighted by atomic mass is 16.5. The summed E-state index contributed by atoms with van der Waals surface area (Å²) >= 11 is 0. The van der Waals surface area contributed by atoms with Gasteiger partial charge in [-0.3, -0.25) is 4.79 Å². The van der Waals surface area contributed by atoms with E-state index in [1.54, 1.807) is 34.5 Å². The number of nitrogens with one attached hydrogen (secondary N) is 1. The number of hydrogen-bond donors (Lipinski definition) is 1. The van der Waals surface area contributed by atoms with Crippen molar-refractivity contribution in [3.05, 3.63) is 70.1 Å². The Labute approximate surface area is 229 Å². The molecule has 208 valence electrons. The second-order valence-electron chi connectivity index (χ2n) is 9.86. The predicted octanol–water partition coefficient (Wildman–Crippen LogP) is 5.42. The van der Waals surface area contributed by atoms with Gasteiger partial charge in [0.15, 0.2) is 17.3 Å². The molecule has 0 amide bonds. The lowest BCUT2D eigenvalue weighted by Crippen LogP contribution is -2.36. The zero-order valence-electron chi connectivity index (χ0n) is 23.7. The summed E-state index contributed by atoms with van der Waals surface area (Å²) in [6.07, 6.45) is 1.30. The number of carbonyl (C=O) groups excluding carboxylic acids is 2. The monoisotopic (exact) mass is 535 g/mol. The van der Waals surface area contributed by atoms with E-state index in [2.05, 4.69) is 5.32 Å². The lowest BCUT2D eigenvalue weighted by molar-refractivity contribution is -0.144. The Morgan fingerprint density at radius 1 is 0.949 bits per heavy atom. The van der Waals surface area contributed by atoms with Crippen molar-refractivity contribution < 1.29 is 33.3 Å². The van der Waals surface area contributed by atoms with E-state index in [0.29, 0.717) is 58.2 Å². The van der Waals surface area contributed by atoms with Crippen molar-refractivity contribution in [2.75, 3.05) is 28.4 Å². The number of benzene rings is 2. The minimum Gasteiger partial charge on any atom is -0.497 e. The van der Waals surface area contributed by atoms with Gasteiger partial charge < -0.3 is 29.0 Å². The Morgan fingerprint density at radius 2 is 1.67 bits per heavy atom. The summed E-state index contributed by atoms with van der Waals surface area (Å²) in [6.45, 7) is 5.67. The molecule has 0 saturated carbocycles. The molecule has 0 radical (unpaired) electrons. The molecule has 0 unspecified atom stereocenters. The number of dihydropyridines is 1. The molecule has 39 heavy (non-hydrogen) atoms. The third kappa shape index (κ3) is 5.46. The first kappa shape index (κ1) is 28.1. The van der Waals surface area contributed by atoms with Gasteiger partial charge in [0.05, 0.1) is 46.0 Å². The van der Waals surface area contributed by atoms with Gasteiger partial charge in [-0.15, -0.1) is 0 Å². The van der Waals surface area contributed by atoms with Crippen LogP contribution in [0.2, 0.25) is 0 Å². The summed E-state index contributed by atoms with van der Waals surface area (Å²) in [6, 6.07) is 11.2. The number of Topliss-reactive ketones (excluding diaryl/α,β-unsaturated/α-hetero) is 1. The fourth-order valence-corrected chi connectivity index (χ4v) is 5.35. The Morgan fingerprint density at radius 3 is 2.31 bits per heavy atom. The van der Waals surface area contributed by atoms with Crippen molar-refractivity contribution in [3.63, 3.8) is 0 Å². The Hall–Kier alpha value is -3.94. The highest BCUT2D eigenvalue weighted by Gasteiger charge is 2.42. The molecule has 2 aliphatic rings. The maximum Gasteiger partial charge on any atom is 0.337 e. The van der Waals surface area contributed by atoms with Crippen LogP contribution in [0.4, 0.5) is 0 Å². The SMILES string of the molecule is CC[C@H](C)OC(=O)C1=C(C)NC2=C(C(=O)C[C@H](c3ccc(OC)c(OC)c3)C2)[C@H]1c1ccc(OC)cc1OC. The van der Waals surface area contributed by atoms with Crippen molar-refractivity contribution in [2.45, 2.75) is 58.0 Å². The van der Waals surface area contributed by atoms with Gasteiger partial charge in [0, 0.05) is 35.0 Å². The maximum atomic E-state index is 14.0. The second kappa shape index (κ2) is 11.8. The van der Waals surface area contributed by atoms with Crippen LogP contribution in [-0.4, -0.2) is 46.3 Å². The molecule has 0 saturated heterocycles. The molecule has 8 nitrogen and oxygen atoms in total. The molecule has 0 fully saturated rings. The van der Waals surface area contributed by atoms with E-state index in [1.807, 2.05) is 51.1 Å². The number of hydrogen-bond acceptors (Lipinski definition) is 8. The average molecular weight is 536 g/mol. The second-order valence-corrected chi connectivity index (χ2v) is 9.86. The zero-order valence-corrected chi connectivity index (χ0v) is 23.7. The van der Waals surface area contributed by atoms with Gasteiger partial charge in [0.2, 0.25) is 0 Å². The van der Waals surface area contributed by atoms with Crippen LogP contribution in [0, 0.1) is 0 Å².